The number of imide groups is 6. The number of carbonyl (C=O) groups excluding carboxylic acids is 5. The molecule has 0 N–H and O–H groups in total. The van der Waals surface area contributed by atoms with Gasteiger partial charge in [0.25, 0.3) is 0 Å². The van der Waals surface area contributed by atoms with Gasteiger partial charge in [0.15, 0.2) is 0 Å². The SMILES string of the molecule is CC(=O)N1C(=O)C(=O)N(C(C)=O)C1=O. The van der Waals surface area contributed by atoms with Gasteiger partial charge in [-0.05, 0) is 0 Å². The van der Waals surface area contributed by atoms with Gasteiger partial charge in [-0.3, -0.25) is 19.2 Å². The Kier molecular flexibility index (Phi) is 2.16. The Morgan fingerprint density at radius 1 is 0.857 bits per heavy atom. The van der Waals surface area contributed by atoms with E-state index < -0.39 is 29.7 Å². The second-order valence-electron chi connectivity index (χ2n) is 2.60. The van der Waals surface area contributed by atoms with Crippen LogP contribution in [0.3, 0.4) is 0 Å². The van der Waals surface area contributed by atoms with Crippen LogP contribution < -0.4 is 0 Å². The van der Waals surface area contributed by atoms with Crippen LogP contribution in [-0.4, -0.2) is 39.5 Å². The van der Waals surface area contributed by atoms with Gasteiger partial charge in [0.1, 0.15) is 0 Å². The fourth-order valence-corrected chi connectivity index (χ4v) is 1.02. The lowest BCUT2D eigenvalue weighted by Gasteiger charge is -2.08. The van der Waals surface area contributed by atoms with Crippen LogP contribution >= 0.6 is 0 Å². The van der Waals surface area contributed by atoms with Crippen molar-refractivity contribution in [3.05, 3.63) is 0 Å². The van der Waals surface area contributed by atoms with Gasteiger partial charge < -0.3 is 0 Å². The third-order valence-electron chi connectivity index (χ3n) is 1.60. The molecule has 0 aromatic rings. The topological polar surface area (TPSA) is 91.8 Å². The van der Waals surface area contributed by atoms with Gasteiger partial charge in [0, 0.05) is 13.8 Å². The van der Waals surface area contributed by atoms with E-state index in [1.807, 2.05) is 0 Å². The number of rotatable bonds is 0. The number of carbonyl (C=O) groups is 5. The van der Waals surface area contributed by atoms with Gasteiger partial charge in [-0.25, -0.2) is 4.79 Å². The molecule has 7 heteroatoms. The number of urea groups is 1. The van der Waals surface area contributed by atoms with Crippen LogP contribution in [0.5, 0.6) is 0 Å². The summed E-state index contributed by atoms with van der Waals surface area (Å²) in [4.78, 5) is 55.0. The summed E-state index contributed by atoms with van der Waals surface area (Å²) < 4.78 is 0. The highest BCUT2D eigenvalue weighted by Gasteiger charge is 2.48. The van der Waals surface area contributed by atoms with Crippen LogP contribution in [0.1, 0.15) is 13.8 Å². The lowest BCUT2D eigenvalue weighted by Crippen LogP contribution is -2.38. The minimum Gasteiger partial charge on any atom is -0.274 e. The van der Waals surface area contributed by atoms with Crippen molar-refractivity contribution in [3.8, 4) is 0 Å². The first-order valence-corrected chi connectivity index (χ1v) is 3.61. The molecule has 0 aromatic carbocycles. The van der Waals surface area contributed by atoms with Crippen LogP contribution in [0, 0.1) is 0 Å². The smallest absolute Gasteiger partial charge is 0.274 e. The standard InChI is InChI=1S/C7H6N2O5/c1-3(10)8-5(12)6(13)9(4(2)11)7(8)14/h1-2H3. The van der Waals surface area contributed by atoms with Gasteiger partial charge in [-0.1, -0.05) is 0 Å². The fraction of sp³-hybridized carbons (Fsp3) is 0.286. The molecule has 0 radical (unpaired) electrons. The summed E-state index contributed by atoms with van der Waals surface area (Å²) in [5, 5.41) is 0. The van der Waals surface area contributed by atoms with Crippen LogP contribution in [0.2, 0.25) is 0 Å². The summed E-state index contributed by atoms with van der Waals surface area (Å²) in [5.41, 5.74) is 0. The predicted octanol–water partition coefficient (Wildman–Crippen LogP) is -1.13. The van der Waals surface area contributed by atoms with Crippen molar-refractivity contribution < 1.29 is 24.0 Å². The molecule has 1 saturated heterocycles. The Hall–Kier alpha value is -2.05. The third kappa shape index (κ3) is 1.18. The van der Waals surface area contributed by atoms with Gasteiger partial charge in [-0.15, -0.1) is 0 Å². The van der Waals surface area contributed by atoms with Gasteiger partial charge >= 0.3 is 17.8 Å². The average Bonchev–Trinajstić information content (AvgIpc) is 2.23. The van der Waals surface area contributed by atoms with E-state index in [2.05, 4.69) is 0 Å². The molecule has 1 aliphatic heterocycles. The lowest BCUT2D eigenvalue weighted by molar-refractivity contribution is -0.149. The van der Waals surface area contributed by atoms with Crippen LogP contribution in [-0.2, 0) is 19.2 Å². The summed E-state index contributed by atoms with van der Waals surface area (Å²) in [5.74, 6) is -4.37. The van der Waals surface area contributed by atoms with Gasteiger partial charge in [0.05, 0.1) is 0 Å². The lowest BCUT2D eigenvalue weighted by atomic mass is 10.5. The zero-order valence-corrected chi connectivity index (χ0v) is 7.44. The fourth-order valence-electron chi connectivity index (χ4n) is 1.02. The van der Waals surface area contributed by atoms with Crippen LogP contribution in [0.15, 0.2) is 0 Å². The maximum absolute atomic E-state index is 11.2. The molecule has 0 bridgehead atoms. The molecule has 0 atom stereocenters. The molecule has 6 amide bonds. The molecule has 1 heterocycles. The summed E-state index contributed by atoms with van der Waals surface area (Å²) >= 11 is 0. The molecule has 1 rings (SSSR count). The van der Waals surface area contributed by atoms with E-state index in [0.29, 0.717) is 0 Å². The Bertz CT molecular complexity index is 338. The molecule has 14 heavy (non-hydrogen) atoms. The van der Waals surface area contributed by atoms with E-state index in [-0.39, 0.29) is 9.80 Å². The summed E-state index contributed by atoms with van der Waals surface area (Å²) in [6.45, 7) is 1.90. The van der Waals surface area contributed by atoms with E-state index in [1.54, 1.807) is 0 Å². The zero-order valence-electron chi connectivity index (χ0n) is 7.44. The Balaban J connectivity index is 3.16. The molecule has 0 aliphatic carbocycles. The molecule has 7 nitrogen and oxygen atoms in total. The third-order valence-corrected chi connectivity index (χ3v) is 1.60. The summed E-state index contributed by atoms with van der Waals surface area (Å²) in [6, 6.07) is -1.21. The molecule has 0 aromatic heterocycles. The largest absolute Gasteiger partial charge is 0.348 e. The van der Waals surface area contributed by atoms with Crippen molar-refractivity contribution in [2.24, 2.45) is 0 Å². The monoisotopic (exact) mass is 198 g/mol. The predicted molar refractivity (Wildman–Crippen MR) is 40.5 cm³/mol. The van der Waals surface area contributed by atoms with E-state index >= 15 is 0 Å². The molecule has 1 fully saturated rings. The quantitative estimate of drug-likeness (QED) is 0.362. The van der Waals surface area contributed by atoms with Gasteiger partial charge in [0.2, 0.25) is 11.8 Å². The molecule has 74 valence electrons. The minimum atomic E-state index is -1.29. The zero-order chi connectivity index (χ0) is 11.0. The first-order chi connectivity index (χ1) is 6.37. The van der Waals surface area contributed by atoms with Crippen molar-refractivity contribution in [3.63, 3.8) is 0 Å². The van der Waals surface area contributed by atoms with Crippen molar-refractivity contribution in [1.82, 2.24) is 9.80 Å². The van der Waals surface area contributed by atoms with Crippen molar-refractivity contribution in [2.45, 2.75) is 13.8 Å². The molecule has 0 spiro atoms. The highest BCUT2D eigenvalue weighted by Crippen LogP contribution is 2.11. The van der Waals surface area contributed by atoms with Crippen LogP contribution in [0.25, 0.3) is 0 Å². The Labute approximate surface area is 78.3 Å². The van der Waals surface area contributed by atoms with E-state index in [9.17, 15) is 24.0 Å². The average molecular weight is 198 g/mol. The molecule has 1 aliphatic rings. The highest BCUT2D eigenvalue weighted by atomic mass is 16.3. The maximum Gasteiger partial charge on any atom is 0.348 e. The van der Waals surface area contributed by atoms with E-state index in [1.165, 1.54) is 0 Å². The molecular weight excluding hydrogens is 192 g/mol. The van der Waals surface area contributed by atoms with Crippen molar-refractivity contribution >= 4 is 29.7 Å². The van der Waals surface area contributed by atoms with Gasteiger partial charge in [-0.2, -0.15) is 9.80 Å². The number of nitrogens with zero attached hydrogens (tertiary/aromatic N) is 2. The first kappa shape index (κ1) is 10.0. The summed E-state index contributed by atoms with van der Waals surface area (Å²) in [6.07, 6.45) is 0. The van der Waals surface area contributed by atoms with E-state index in [4.69, 9.17) is 0 Å². The first-order valence-electron chi connectivity index (χ1n) is 3.61. The van der Waals surface area contributed by atoms with Crippen molar-refractivity contribution in [2.75, 3.05) is 0 Å². The minimum absolute atomic E-state index is 0.129. The van der Waals surface area contributed by atoms with Crippen LogP contribution in [0.4, 0.5) is 4.79 Å². The van der Waals surface area contributed by atoms with E-state index in [0.717, 1.165) is 13.8 Å². The number of hydrogen-bond acceptors (Lipinski definition) is 5. The highest BCUT2D eigenvalue weighted by molar-refractivity contribution is 6.51. The molecule has 0 saturated carbocycles. The number of hydrogen-bond donors (Lipinski definition) is 0. The molecule has 0 unspecified atom stereocenters. The number of amides is 6. The Morgan fingerprint density at radius 2 is 1.14 bits per heavy atom. The second-order valence-corrected chi connectivity index (χ2v) is 2.60. The summed E-state index contributed by atoms with van der Waals surface area (Å²) in [7, 11) is 0. The Morgan fingerprint density at radius 3 is 1.29 bits per heavy atom. The second kappa shape index (κ2) is 3.02. The normalized spacial score (nSPS) is 16.6. The molecular formula is C7H6N2O5. The van der Waals surface area contributed by atoms with Crippen molar-refractivity contribution in [1.29, 1.82) is 0 Å². The maximum atomic E-state index is 11.2.